The Labute approximate surface area is 96.9 Å². The summed E-state index contributed by atoms with van der Waals surface area (Å²) >= 11 is 0. The van der Waals surface area contributed by atoms with E-state index in [0.29, 0.717) is 0 Å². The van der Waals surface area contributed by atoms with E-state index in [0.717, 1.165) is 42.7 Å². The van der Waals surface area contributed by atoms with Crippen LogP contribution >= 0.6 is 0 Å². The molecule has 0 amide bonds. The smallest absolute Gasteiger partial charge is 0.123 e. The van der Waals surface area contributed by atoms with Crippen LogP contribution in [0.4, 0.5) is 4.39 Å². The third-order valence-corrected chi connectivity index (χ3v) is 3.78. The highest BCUT2D eigenvalue weighted by Gasteiger charge is 2.32. The lowest BCUT2D eigenvalue weighted by Gasteiger charge is -2.36. The van der Waals surface area contributed by atoms with Crippen LogP contribution in [0.3, 0.4) is 0 Å². The largest absolute Gasteiger partial charge is 0.321 e. The second-order valence-corrected chi connectivity index (χ2v) is 5.36. The summed E-state index contributed by atoms with van der Waals surface area (Å²) in [6, 6.07) is 5.18. The molecule has 0 radical (unpaired) electrons. The van der Waals surface area contributed by atoms with Crippen molar-refractivity contribution in [3.8, 4) is 0 Å². The molecule has 1 nitrogen and oxygen atoms in total. The molecule has 0 atom stereocenters. The van der Waals surface area contributed by atoms with E-state index in [1.54, 1.807) is 12.1 Å². The van der Waals surface area contributed by atoms with Crippen LogP contribution in [0.15, 0.2) is 18.2 Å². The molecule has 0 aromatic heterocycles. The summed E-state index contributed by atoms with van der Waals surface area (Å²) in [4.78, 5) is 0. The molecular weight excluding hydrogens is 201 g/mol. The minimum absolute atomic E-state index is 0.168. The summed E-state index contributed by atoms with van der Waals surface area (Å²) in [5, 5.41) is 0. The van der Waals surface area contributed by atoms with Crippen LogP contribution in [-0.4, -0.2) is 0 Å². The van der Waals surface area contributed by atoms with Crippen molar-refractivity contribution in [2.75, 3.05) is 0 Å². The number of halogens is 1. The van der Waals surface area contributed by atoms with Crippen LogP contribution in [0.5, 0.6) is 0 Å². The monoisotopic (exact) mass is 221 g/mol. The average Bonchev–Trinajstić information content (AvgIpc) is 2.21. The minimum Gasteiger partial charge on any atom is -0.321 e. The molecule has 1 aliphatic carbocycles. The van der Waals surface area contributed by atoms with Gasteiger partial charge in [0, 0.05) is 5.54 Å². The Morgan fingerprint density at radius 3 is 2.44 bits per heavy atom. The Balaban J connectivity index is 2.28. The molecular formula is C14H20FN. The molecule has 0 aliphatic heterocycles. The van der Waals surface area contributed by atoms with Crippen LogP contribution in [-0.2, 0) is 5.54 Å². The van der Waals surface area contributed by atoms with E-state index in [1.807, 2.05) is 13.0 Å². The van der Waals surface area contributed by atoms with Gasteiger partial charge in [-0.25, -0.2) is 4.39 Å². The second kappa shape index (κ2) is 4.17. The maximum Gasteiger partial charge on any atom is 0.123 e. The molecule has 1 aliphatic rings. The van der Waals surface area contributed by atoms with Gasteiger partial charge in [-0.2, -0.15) is 0 Å². The van der Waals surface area contributed by atoms with Gasteiger partial charge in [0.25, 0.3) is 0 Å². The van der Waals surface area contributed by atoms with Gasteiger partial charge in [-0.1, -0.05) is 13.0 Å². The van der Waals surface area contributed by atoms with Crippen molar-refractivity contribution in [1.82, 2.24) is 0 Å². The highest BCUT2D eigenvalue weighted by Crippen LogP contribution is 2.37. The first-order valence-corrected chi connectivity index (χ1v) is 6.06. The van der Waals surface area contributed by atoms with Crippen molar-refractivity contribution in [3.05, 3.63) is 35.1 Å². The van der Waals surface area contributed by atoms with Crippen molar-refractivity contribution >= 4 is 0 Å². The molecule has 1 aromatic rings. The Morgan fingerprint density at radius 2 is 1.88 bits per heavy atom. The summed E-state index contributed by atoms with van der Waals surface area (Å²) in [5.74, 6) is 0.588. The Kier molecular flexibility index (Phi) is 3.02. The molecule has 16 heavy (non-hydrogen) atoms. The van der Waals surface area contributed by atoms with Crippen molar-refractivity contribution in [2.45, 2.75) is 45.1 Å². The predicted molar refractivity (Wildman–Crippen MR) is 64.6 cm³/mol. The zero-order valence-electron chi connectivity index (χ0n) is 10.1. The Morgan fingerprint density at radius 1 is 1.25 bits per heavy atom. The fourth-order valence-corrected chi connectivity index (χ4v) is 2.59. The third kappa shape index (κ3) is 2.27. The van der Waals surface area contributed by atoms with Gasteiger partial charge >= 0.3 is 0 Å². The fraction of sp³-hybridized carbons (Fsp3) is 0.571. The van der Waals surface area contributed by atoms with Crippen LogP contribution in [0, 0.1) is 18.7 Å². The molecule has 0 saturated heterocycles. The fourth-order valence-electron chi connectivity index (χ4n) is 2.59. The SMILES string of the molecule is Cc1cc(F)cc(C2(N)CCC(C)CC2)c1. The summed E-state index contributed by atoms with van der Waals surface area (Å²) < 4.78 is 13.4. The highest BCUT2D eigenvalue weighted by molar-refractivity contribution is 5.30. The number of rotatable bonds is 1. The molecule has 0 bridgehead atoms. The molecule has 0 unspecified atom stereocenters. The van der Waals surface area contributed by atoms with Crippen LogP contribution in [0.25, 0.3) is 0 Å². The number of nitrogens with two attached hydrogens (primary N) is 1. The van der Waals surface area contributed by atoms with Crippen molar-refractivity contribution < 1.29 is 4.39 Å². The van der Waals surface area contributed by atoms with Crippen LogP contribution in [0.2, 0.25) is 0 Å². The zero-order valence-corrected chi connectivity index (χ0v) is 10.1. The van der Waals surface area contributed by atoms with E-state index in [1.165, 1.54) is 0 Å². The van der Waals surface area contributed by atoms with E-state index < -0.39 is 0 Å². The van der Waals surface area contributed by atoms with Gasteiger partial charge in [0.15, 0.2) is 0 Å². The molecule has 2 rings (SSSR count). The van der Waals surface area contributed by atoms with Crippen LogP contribution in [0.1, 0.15) is 43.7 Å². The van der Waals surface area contributed by atoms with E-state index >= 15 is 0 Å². The highest BCUT2D eigenvalue weighted by atomic mass is 19.1. The topological polar surface area (TPSA) is 26.0 Å². The van der Waals surface area contributed by atoms with Gasteiger partial charge in [-0.15, -0.1) is 0 Å². The molecule has 2 heteroatoms. The summed E-state index contributed by atoms with van der Waals surface area (Å²) in [5.41, 5.74) is 8.03. The standard InChI is InChI=1S/C14H20FN/c1-10-3-5-14(16,6-4-10)12-7-11(2)8-13(15)9-12/h7-10H,3-6,16H2,1-2H3. The van der Waals surface area contributed by atoms with E-state index in [2.05, 4.69) is 6.92 Å². The summed E-state index contributed by atoms with van der Waals surface area (Å²) in [7, 11) is 0. The first-order chi connectivity index (χ1) is 7.49. The number of aryl methyl sites for hydroxylation is 1. The Bertz CT molecular complexity index is 358. The van der Waals surface area contributed by atoms with Gasteiger partial charge < -0.3 is 5.73 Å². The molecule has 2 N–H and O–H groups in total. The third-order valence-electron chi connectivity index (χ3n) is 3.78. The minimum atomic E-state index is -0.306. The average molecular weight is 221 g/mol. The van der Waals surface area contributed by atoms with Gasteiger partial charge in [-0.3, -0.25) is 0 Å². The lowest BCUT2D eigenvalue weighted by Crippen LogP contribution is -2.40. The molecule has 0 spiro atoms. The molecule has 88 valence electrons. The van der Waals surface area contributed by atoms with E-state index in [4.69, 9.17) is 5.73 Å². The predicted octanol–water partition coefficient (Wildman–Crippen LogP) is 3.50. The molecule has 0 heterocycles. The van der Waals surface area contributed by atoms with Gasteiger partial charge in [0.1, 0.15) is 5.82 Å². The van der Waals surface area contributed by atoms with Crippen LogP contribution < -0.4 is 5.73 Å². The first kappa shape index (κ1) is 11.6. The summed E-state index contributed by atoms with van der Waals surface area (Å²) in [6.07, 6.45) is 4.23. The van der Waals surface area contributed by atoms with Crippen molar-refractivity contribution in [2.24, 2.45) is 11.7 Å². The van der Waals surface area contributed by atoms with Gasteiger partial charge in [-0.05, 0) is 61.8 Å². The second-order valence-electron chi connectivity index (χ2n) is 5.36. The quantitative estimate of drug-likeness (QED) is 0.771. The normalized spacial score (nSPS) is 30.4. The number of hydrogen-bond donors (Lipinski definition) is 1. The van der Waals surface area contributed by atoms with Gasteiger partial charge in [0.2, 0.25) is 0 Å². The summed E-state index contributed by atoms with van der Waals surface area (Å²) in [6.45, 7) is 4.18. The van der Waals surface area contributed by atoms with Gasteiger partial charge in [0.05, 0.1) is 0 Å². The molecule has 1 saturated carbocycles. The first-order valence-electron chi connectivity index (χ1n) is 6.06. The van der Waals surface area contributed by atoms with Crippen molar-refractivity contribution in [1.29, 1.82) is 0 Å². The number of benzene rings is 1. The Hall–Kier alpha value is -0.890. The zero-order chi connectivity index (χ0) is 11.8. The number of hydrogen-bond acceptors (Lipinski definition) is 1. The van der Waals surface area contributed by atoms with E-state index in [9.17, 15) is 4.39 Å². The van der Waals surface area contributed by atoms with Crippen molar-refractivity contribution in [3.63, 3.8) is 0 Å². The molecule has 1 aromatic carbocycles. The lowest BCUT2D eigenvalue weighted by molar-refractivity contribution is 0.247. The van der Waals surface area contributed by atoms with E-state index in [-0.39, 0.29) is 11.4 Å². The molecule has 1 fully saturated rings. The maximum absolute atomic E-state index is 13.4. The maximum atomic E-state index is 13.4. The lowest BCUT2D eigenvalue weighted by atomic mass is 9.74.